The molecule has 136 valence electrons. The Balaban J connectivity index is 1.74. The van der Waals surface area contributed by atoms with Gasteiger partial charge in [0.2, 0.25) is 5.91 Å². The summed E-state index contributed by atoms with van der Waals surface area (Å²) < 4.78 is 5.46. The van der Waals surface area contributed by atoms with E-state index in [2.05, 4.69) is 29.6 Å². The first-order valence-corrected chi connectivity index (χ1v) is 8.70. The van der Waals surface area contributed by atoms with Gasteiger partial charge in [0.05, 0.1) is 0 Å². The smallest absolute Gasteiger partial charge is 0.407 e. The van der Waals surface area contributed by atoms with Gasteiger partial charge >= 0.3 is 6.09 Å². The Morgan fingerprint density at radius 2 is 1.54 bits per heavy atom. The fraction of sp³-hybridized carbons (Fsp3) is 0.333. The summed E-state index contributed by atoms with van der Waals surface area (Å²) in [6.45, 7) is 5.72. The van der Waals surface area contributed by atoms with Crippen molar-refractivity contribution >= 4 is 12.0 Å². The van der Waals surface area contributed by atoms with Crippen molar-refractivity contribution in [2.75, 3.05) is 6.61 Å². The van der Waals surface area contributed by atoms with Gasteiger partial charge in [0.15, 0.2) is 0 Å². The van der Waals surface area contributed by atoms with Crippen molar-refractivity contribution < 1.29 is 14.3 Å². The van der Waals surface area contributed by atoms with Gasteiger partial charge in [-0.1, -0.05) is 69.3 Å². The Hall–Kier alpha value is -2.82. The number of carbonyl (C=O) groups is 2. The number of amides is 2. The molecule has 0 aliphatic heterocycles. The largest absolute Gasteiger partial charge is 0.449 e. The van der Waals surface area contributed by atoms with Gasteiger partial charge in [-0.15, -0.1) is 0 Å². The van der Waals surface area contributed by atoms with Gasteiger partial charge in [0, 0.05) is 5.92 Å². The van der Waals surface area contributed by atoms with Crippen molar-refractivity contribution in [1.82, 2.24) is 5.32 Å². The van der Waals surface area contributed by atoms with E-state index in [1.54, 1.807) is 0 Å². The molecule has 2 aromatic rings. The summed E-state index contributed by atoms with van der Waals surface area (Å²) in [5.41, 5.74) is 9.54. The van der Waals surface area contributed by atoms with Crippen molar-refractivity contribution in [3.8, 4) is 11.1 Å². The Morgan fingerprint density at radius 3 is 2.00 bits per heavy atom. The molecule has 2 amide bonds. The van der Waals surface area contributed by atoms with Crippen LogP contribution in [0, 0.1) is 5.41 Å². The van der Waals surface area contributed by atoms with Gasteiger partial charge in [0.1, 0.15) is 12.6 Å². The first kappa shape index (κ1) is 18.0. The predicted octanol–water partition coefficient (Wildman–Crippen LogP) is 3.43. The third kappa shape index (κ3) is 3.43. The zero-order valence-corrected chi connectivity index (χ0v) is 15.3. The first-order valence-electron chi connectivity index (χ1n) is 8.70. The molecular weight excluding hydrogens is 328 g/mol. The molecule has 0 radical (unpaired) electrons. The molecule has 3 rings (SSSR count). The molecule has 0 fully saturated rings. The first-order chi connectivity index (χ1) is 12.3. The molecule has 5 heteroatoms. The molecule has 26 heavy (non-hydrogen) atoms. The molecule has 0 heterocycles. The number of primary amides is 1. The minimum absolute atomic E-state index is 0.0187. The highest BCUT2D eigenvalue weighted by Crippen LogP contribution is 2.44. The lowest BCUT2D eigenvalue weighted by Crippen LogP contribution is -2.52. The standard InChI is InChI=1S/C21H24N2O3/c1-21(2,3)18(19(22)24)23-20(25)26-12-17-15-10-6-4-8-13(15)14-9-5-7-11-16(14)17/h4-11,17-18H,12H2,1-3H3,(H2,22,24)(H,23,25)/t18-/m1/s1. The van der Waals surface area contributed by atoms with Crippen LogP contribution in [0.15, 0.2) is 48.5 Å². The minimum Gasteiger partial charge on any atom is -0.449 e. The molecule has 0 spiro atoms. The Morgan fingerprint density at radius 1 is 1.04 bits per heavy atom. The lowest BCUT2D eigenvalue weighted by atomic mass is 9.86. The summed E-state index contributed by atoms with van der Waals surface area (Å²) >= 11 is 0. The number of rotatable bonds is 4. The van der Waals surface area contributed by atoms with Gasteiger partial charge in [-0.05, 0) is 27.7 Å². The average Bonchev–Trinajstić information content (AvgIpc) is 2.91. The van der Waals surface area contributed by atoms with Gasteiger partial charge in [0.25, 0.3) is 0 Å². The topological polar surface area (TPSA) is 81.4 Å². The van der Waals surface area contributed by atoms with Crippen LogP contribution < -0.4 is 11.1 Å². The number of nitrogens with one attached hydrogen (secondary N) is 1. The molecule has 0 saturated carbocycles. The Labute approximate surface area is 153 Å². The van der Waals surface area contributed by atoms with E-state index in [0.29, 0.717) is 0 Å². The van der Waals surface area contributed by atoms with Crippen molar-refractivity contribution in [2.24, 2.45) is 11.1 Å². The van der Waals surface area contributed by atoms with Crippen LogP contribution in [0.5, 0.6) is 0 Å². The average molecular weight is 352 g/mol. The number of nitrogens with two attached hydrogens (primary N) is 1. The van der Waals surface area contributed by atoms with E-state index in [1.807, 2.05) is 45.0 Å². The zero-order chi connectivity index (χ0) is 18.9. The van der Waals surface area contributed by atoms with Gasteiger partial charge in [-0.2, -0.15) is 0 Å². The summed E-state index contributed by atoms with van der Waals surface area (Å²) in [7, 11) is 0. The molecule has 0 saturated heterocycles. The number of fused-ring (bicyclic) bond motifs is 3. The van der Waals surface area contributed by atoms with Crippen molar-refractivity contribution in [2.45, 2.75) is 32.7 Å². The van der Waals surface area contributed by atoms with E-state index in [-0.39, 0.29) is 12.5 Å². The van der Waals surface area contributed by atoms with E-state index in [0.717, 1.165) is 11.1 Å². The van der Waals surface area contributed by atoms with E-state index >= 15 is 0 Å². The fourth-order valence-electron chi connectivity index (χ4n) is 3.47. The maximum Gasteiger partial charge on any atom is 0.407 e. The molecule has 2 aromatic carbocycles. The van der Waals surface area contributed by atoms with Crippen LogP contribution in [0.25, 0.3) is 11.1 Å². The Kier molecular flexibility index (Phi) is 4.72. The minimum atomic E-state index is -0.793. The van der Waals surface area contributed by atoms with Gasteiger partial charge in [-0.25, -0.2) is 4.79 Å². The number of carbonyl (C=O) groups excluding carboxylic acids is 2. The van der Waals surface area contributed by atoms with Gasteiger partial charge in [-0.3, -0.25) is 4.79 Å². The number of ether oxygens (including phenoxy) is 1. The van der Waals surface area contributed by atoms with Crippen LogP contribution in [0.2, 0.25) is 0 Å². The van der Waals surface area contributed by atoms with Crippen LogP contribution >= 0.6 is 0 Å². The lowest BCUT2D eigenvalue weighted by molar-refractivity contribution is -0.122. The lowest BCUT2D eigenvalue weighted by Gasteiger charge is -2.28. The predicted molar refractivity (Wildman–Crippen MR) is 101 cm³/mol. The van der Waals surface area contributed by atoms with Crippen LogP contribution in [-0.2, 0) is 9.53 Å². The van der Waals surface area contributed by atoms with Crippen LogP contribution in [-0.4, -0.2) is 24.6 Å². The quantitative estimate of drug-likeness (QED) is 0.884. The second-order valence-electron chi connectivity index (χ2n) is 7.67. The van der Waals surface area contributed by atoms with Crippen LogP contribution in [0.3, 0.4) is 0 Å². The summed E-state index contributed by atoms with van der Waals surface area (Å²) in [6, 6.07) is 15.5. The highest BCUT2D eigenvalue weighted by Gasteiger charge is 2.33. The maximum atomic E-state index is 12.2. The normalized spacial score (nSPS) is 14.3. The van der Waals surface area contributed by atoms with E-state index in [4.69, 9.17) is 10.5 Å². The molecule has 1 aliphatic rings. The monoisotopic (exact) mass is 352 g/mol. The van der Waals surface area contributed by atoms with E-state index in [1.165, 1.54) is 11.1 Å². The number of alkyl carbamates (subject to hydrolysis) is 1. The van der Waals surface area contributed by atoms with Gasteiger partial charge < -0.3 is 15.8 Å². The molecule has 1 atom stereocenters. The second-order valence-corrected chi connectivity index (χ2v) is 7.67. The summed E-state index contributed by atoms with van der Waals surface area (Å²) in [5, 5.41) is 2.59. The highest BCUT2D eigenvalue weighted by atomic mass is 16.5. The summed E-state index contributed by atoms with van der Waals surface area (Å²) in [5.74, 6) is -0.596. The zero-order valence-electron chi connectivity index (χ0n) is 15.3. The molecule has 3 N–H and O–H groups in total. The third-order valence-electron chi connectivity index (χ3n) is 4.76. The van der Waals surface area contributed by atoms with Crippen LogP contribution in [0.4, 0.5) is 4.79 Å². The van der Waals surface area contributed by atoms with E-state index < -0.39 is 23.5 Å². The maximum absolute atomic E-state index is 12.2. The molecule has 5 nitrogen and oxygen atoms in total. The number of hydrogen-bond acceptors (Lipinski definition) is 3. The summed E-state index contributed by atoms with van der Waals surface area (Å²) in [4.78, 5) is 23.9. The fourth-order valence-corrected chi connectivity index (χ4v) is 3.47. The third-order valence-corrected chi connectivity index (χ3v) is 4.76. The highest BCUT2D eigenvalue weighted by molar-refractivity contribution is 5.85. The molecular formula is C21H24N2O3. The molecule has 1 aliphatic carbocycles. The molecule has 0 unspecified atom stereocenters. The van der Waals surface area contributed by atoms with Crippen molar-refractivity contribution in [3.63, 3.8) is 0 Å². The SMILES string of the molecule is CC(C)(C)[C@H](NC(=O)OCC1c2ccccc2-c2ccccc21)C(N)=O. The van der Waals surface area contributed by atoms with Crippen LogP contribution in [0.1, 0.15) is 37.8 Å². The second kappa shape index (κ2) is 6.83. The summed E-state index contributed by atoms with van der Waals surface area (Å²) in [6.07, 6.45) is -0.634. The number of hydrogen-bond donors (Lipinski definition) is 2. The van der Waals surface area contributed by atoms with E-state index in [9.17, 15) is 9.59 Å². The number of benzene rings is 2. The van der Waals surface area contributed by atoms with Crippen molar-refractivity contribution in [1.29, 1.82) is 0 Å². The molecule has 0 bridgehead atoms. The Bertz CT molecular complexity index is 794. The van der Waals surface area contributed by atoms with Crippen molar-refractivity contribution in [3.05, 3.63) is 59.7 Å². The molecule has 0 aromatic heterocycles.